The quantitative estimate of drug-likeness (QED) is 0.869. The molecule has 1 heterocycles. The number of nitrogens with two attached hydrogens (primary N) is 1. The van der Waals surface area contributed by atoms with Crippen molar-refractivity contribution in [3.05, 3.63) is 29.8 Å². The fourth-order valence-corrected chi connectivity index (χ4v) is 3.61. The van der Waals surface area contributed by atoms with Gasteiger partial charge in [-0.1, -0.05) is 18.6 Å². The van der Waals surface area contributed by atoms with E-state index in [-0.39, 0.29) is 11.8 Å². The van der Waals surface area contributed by atoms with Crippen LogP contribution in [0.25, 0.3) is 0 Å². The van der Waals surface area contributed by atoms with Gasteiger partial charge in [-0.2, -0.15) is 0 Å². The Morgan fingerprint density at radius 2 is 1.96 bits per heavy atom. The summed E-state index contributed by atoms with van der Waals surface area (Å²) in [4.78, 5) is 14.8. The monoisotopic (exact) mass is 317 g/mol. The molecule has 1 aliphatic carbocycles. The number of nitrogens with one attached hydrogen (secondary N) is 1. The largest absolute Gasteiger partial charge is 0.379 e. The maximum atomic E-state index is 12.4. The summed E-state index contributed by atoms with van der Waals surface area (Å²) in [7, 11) is 0. The molecule has 2 fully saturated rings. The minimum atomic E-state index is 0.0769. The summed E-state index contributed by atoms with van der Waals surface area (Å²) < 4.78 is 5.37. The molecular formula is C18H27N3O2. The molecule has 0 spiro atoms. The average Bonchev–Trinajstić information content (AvgIpc) is 3.06. The zero-order valence-corrected chi connectivity index (χ0v) is 13.7. The molecular weight excluding hydrogens is 290 g/mol. The Labute approximate surface area is 138 Å². The van der Waals surface area contributed by atoms with Gasteiger partial charge in [-0.15, -0.1) is 0 Å². The van der Waals surface area contributed by atoms with E-state index in [4.69, 9.17) is 10.5 Å². The van der Waals surface area contributed by atoms with E-state index < -0.39 is 0 Å². The summed E-state index contributed by atoms with van der Waals surface area (Å²) >= 11 is 0. The second-order valence-corrected chi connectivity index (χ2v) is 6.61. The number of hydrogen-bond donors (Lipinski definition) is 2. The lowest BCUT2D eigenvalue weighted by Gasteiger charge is -2.26. The zero-order chi connectivity index (χ0) is 16.1. The molecule has 1 amide bonds. The Balaban J connectivity index is 1.53. The van der Waals surface area contributed by atoms with E-state index in [1.165, 1.54) is 5.56 Å². The average molecular weight is 317 g/mol. The van der Waals surface area contributed by atoms with Gasteiger partial charge in [0.05, 0.1) is 13.2 Å². The molecule has 0 radical (unpaired) electrons. The Kier molecular flexibility index (Phi) is 5.65. The van der Waals surface area contributed by atoms with Crippen molar-refractivity contribution in [2.45, 2.75) is 25.8 Å². The Hall–Kier alpha value is -1.43. The molecule has 1 saturated carbocycles. The number of rotatable bonds is 5. The van der Waals surface area contributed by atoms with Crippen LogP contribution in [0.3, 0.4) is 0 Å². The molecule has 0 bridgehead atoms. The smallest absolute Gasteiger partial charge is 0.227 e. The predicted octanol–water partition coefficient (Wildman–Crippen LogP) is 1.83. The van der Waals surface area contributed by atoms with Crippen molar-refractivity contribution in [2.75, 3.05) is 38.2 Å². The first kappa shape index (κ1) is 16.4. The second-order valence-electron chi connectivity index (χ2n) is 6.61. The summed E-state index contributed by atoms with van der Waals surface area (Å²) in [5, 5.41) is 3.05. The molecule has 2 atom stereocenters. The van der Waals surface area contributed by atoms with E-state index in [2.05, 4.69) is 22.3 Å². The highest BCUT2D eigenvalue weighted by molar-refractivity contribution is 5.92. The van der Waals surface area contributed by atoms with Gasteiger partial charge in [0.1, 0.15) is 0 Å². The van der Waals surface area contributed by atoms with Gasteiger partial charge in [-0.3, -0.25) is 9.69 Å². The third-order valence-corrected chi connectivity index (χ3v) is 5.03. The molecule has 126 valence electrons. The first-order valence-corrected chi connectivity index (χ1v) is 8.66. The molecule has 5 nitrogen and oxygen atoms in total. The molecule has 2 aliphatic rings. The van der Waals surface area contributed by atoms with E-state index in [0.29, 0.717) is 12.5 Å². The van der Waals surface area contributed by atoms with Crippen LogP contribution in [-0.2, 0) is 16.1 Å². The number of amides is 1. The number of anilines is 1. The van der Waals surface area contributed by atoms with E-state index in [9.17, 15) is 4.79 Å². The van der Waals surface area contributed by atoms with Crippen molar-refractivity contribution in [3.8, 4) is 0 Å². The van der Waals surface area contributed by atoms with Gasteiger partial charge in [0.15, 0.2) is 0 Å². The van der Waals surface area contributed by atoms with Crippen molar-refractivity contribution < 1.29 is 9.53 Å². The predicted molar refractivity (Wildman–Crippen MR) is 91.1 cm³/mol. The first-order valence-electron chi connectivity index (χ1n) is 8.66. The maximum Gasteiger partial charge on any atom is 0.227 e. The molecule has 1 aromatic rings. The summed E-state index contributed by atoms with van der Waals surface area (Å²) in [6.45, 7) is 5.16. The number of morpholine rings is 1. The zero-order valence-electron chi connectivity index (χ0n) is 13.7. The summed E-state index contributed by atoms with van der Waals surface area (Å²) in [6.07, 6.45) is 3.15. The van der Waals surface area contributed by atoms with Crippen LogP contribution in [0.4, 0.5) is 5.69 Å². The molecule has 3 N–H and O–H groups in total. The van der Waals surface area contributed by atoms with Gasteiger partial charge < -0.3 is 15.8 Å². The van der Waals surface area contributed by atoms with Crippen LogP contribution >= 0.6 is 0 Å². The highest BCUT2D eigenvalue weighted by atomic mass is 16.5. The number of carbonyl (C=O) groups is 1. The molecule has 0 unspecified atom stereocenters. The summed E-state index contributed by atoms with van der Waals surface area (Å²) in [5.41, 5.74) is 7.92. The van der Waals surface area contributed by atoms with Crippen molar-refractivity contribution in [3.63, 3.8) is 0 Å². The van der Waals surface area contributed by atoms with Gasteiger partial charge in [0.25, 0.3) is 0 Å². The summed E-state index contributed by atoms with van der Waals surface area (Å²) in [5.74, 6) is 0.544. The number of hydrogen-bond acceptors (Lipinski definition) is 4. The van der Waals surface area contributed by atoms with Crippen molar-refractivity contribution in [1.82, 2.24) is 4.90 Å². The second kappa shape index (κ2) is 7.90. The topological polar surface area (TPSA) is 67.6 Å². The number of ether oxygens (including phenoxy) is 1. The Morgan fingerprint density at radius 1 is 1.22 bits per heavy atom. The fraction of sp³-hybridized carbons (Fsp3) is 0.611. The van der Waals surface area contributed by atoms with Crippen LogP contribution in [0.15, 0.2) is 24.3 Å². The minimum absolute atomic E-state index is 0.0769. The SMILES string of the molecule is NC[C@H]1CCC[C@H]1C(=O)Nc1ccc(CN2CCOCC2)cc1. The number of nitrogens with zero attached hydrogens (tertiary/aromatic N) is 1. The van der Waals surface area contributed by atoms with Crippen molar-refractivity contribution >= 4 is 11.6 Å². The van der Waals surface area contributed by atoms with E-state index in [0.717, 1.165) is 57.8 Å². The van der Waals surface area contributed by atoms with E-state index >= 15 is 0 Å². The third-order valence-electron chi connectivity index (χ3n) is 5.03. The van der Waals surface area contributed by atoms with Crippen molar-refractivity contribution in [1.29, 1.82) is 0 Å². The first-order chi connectivity index (χ1) is 11.3. The summed E-state index contributed by atoms with van der Waals surface area (Å²) in [6, 6.07) is 8.19. The van der Waals surface area contributed by atoms with Crippen LogP contribution in [0.1, 0.15) is 24.8 Å². The molecule has 0 aromatic heterocycles. The maximum absolute atomic E-state index is 12.4. The fourth-order valence-electron chi connectivity index (χ4n) is 3.61. The van der Waals surface area contributed by atoms with E-state index in [1.54, 1.807) is 0 Å². The number of carbonyl (C=O) groups excluding carboxylic acids is 1. The molecule has 1 saturated heterocycles. The van der Waals surface area contributed by atoms with Crippen LogP contribution in [0.2, 0.25) is 0 Å². The minimum Gasteiger partial charge on any atom is -0.379 e. The van der Waals surface area contributed by atoms with Crippen LogP contribution < -0.4 is 11.1 Å². The third kappa shape index (κ3) is 4.31. The van der Waals surface area contributed by atoms with Gasteiger partial charge in [-0.05, 0) is 43.0 Å². The highest BCUT2D eigenvalue weighted by Crippen LogP contribution is 2.31. The van der Waals surface area contributed by atoms with Gasteiger partial charge >= 0.3 is 0 Å². The lowest BCUT2D eigenvalue weighted by atomic mass is 9.95. The molecule has 5 heteroatoms. The molecule has 3 rings (SSSR count). The standard InChI is InChI=1S/C18H27N3O2/c19-12-15-2-1-3-17(15)18(22)20-16-6-4-14(5-7-16)13-21-8-10-23-11-9-21/h4-7,15,17H,1-3,8-13,19H2,(H,20,22)/t15-,17-/m1/s1. The molecule has 23 heavy (non-hydrogen) atoms. The van der Waals surface area contributed by atoms with Crippen molar-refractivity contribution in [2.24, 2.45) is 17.6 Å². The van der Waals surface area contributed by atoms with Gasteiger partial charge in [-0.25, -0.2) is 0 Å². The van der Waals surface area contributed by atoms with Crippen LogP contribution in [0, 0.1) is 11.8 Å². The lowest BCUT2D eigenvalue weighted by molar-refractivity contribution is -0.120. The van der Waals surface area contributed by atoms with Gasteiger partial charge in [0.2, 0.25) is 5.91 Å². The Morgan fingerprint density at radius 3 is 2.65 bits per heavy atom. The van der Waals surface area contributed by atoms with Crippen LogP contribution in [0.5, 0.6) is 0 Å². The number of benzene rings is 1. The molecule has 1 aliphatic heterocycles. The normalized spacial score (nSPS) is 25.4. The highest BCUT2D eigenvalue weighted by Gasteiger charge is 2.31. The van der Waals surface area contributed by atoms with Crippen LogP contribution in [-0.4, -0.2) is 43.7 Å². The van der Waals surface area contributed by atoms with E-state index in [1.807, 2.05) is 12.1 Å². The Bertz CT molecular complexity index is 512. The molecule has 1 aromatic carbocycles. The lowest BCUT2D eigenvalue weighted by Crippen LogP contribution is -2.35. The van der Waals surface area contributed by atoms with Gasteiger partial charge in [0, 0.05) is 31.2 Å².